The number of fused-ring (bicyclic) bond motifs is 5. The highest BCUT2D eigenvalue weighted by molar-refractivity contribution is 7.80. The van der Waals surface area contributed by atoms with Crippen molar-refractivity contribution in [2.75, 3.05) is 26.9 Å². The minimum Gasteiger partial charge on any atom is -0.461 e. The van der Waals surface area contributed by atoms with Crippen molar-refractivity contribution in [3.05, 3.63) is 23.8 Å². The summed E-state index contributed by atoms with van der Waals surface area (Å²) in [6.45, 7) is 13.4. The second kappa shape index (κ2) is 22.2. The summed E-state index contributed by atoms with van der Waals surface area (Å²) in [4.78, 5) is 14.2. The molecule has 0 radical (unpaired) electrons. The number of allylic oxidation sites excluding steroid dienone is 2. The summed E-state index contributed by atoms with van der Waals surface area (Å²) in [7, 11) is -3.93. The van der Waals surface area contributed by atoms with Gasteiger partial charge in [-0.1, -0.05) is 51.5 Å². The molecule has 0 amide bonds. The van der Waals surface area contributed by atoms with E-state index < -0.39 is 186 Å². The highest BCUT2D eigenvalue weighted by Crippen LogP contribution is 2.76. The molecule has 2 bridgehead atoms. The topological polar surface area (TPSA) is 375 Å². The van der Waals surface area contributed by atoms with Gasteiger partial charge in [-0.15, -0.1) is 0 Å². The molecule has 5 saturated heterocycles. The maximum absolute atomic E-state index is 14.2. The van der Waals surface area contributed by atoms with Crippen molar-refractivity contribution in [2.45, 2.75) is 234 Å². The normalized spacial score (nSPS) is 49.8. The average molecular weight is 1150 g/mol. The second-order valence-electron chi connectivity index (χ2n) is 25.5. The van der Waals surface area contributed by atoms with Crippen LogP contribution in [0.1, 0.15) is 100 Å². The molecule has 4 aliphatic carbocycles. The summed E-state index contributed by atoms with van der Waals surface area (Å²) in [5.41, 5.74) is -3.60. The molecule has 0 aromatic rings. The lowest BCUT2D eigenvalue weighted by molar-refractivity contribution is -0.380. The zero-order valence-corrected chi connectivity index (χ0v) is 46.9. The van der Waals surface area contributed by atoms with E-state index in [2.05, 4.69) is 33.8 Å². The first-order valence-electron chi connectivity index (χ1n) is 27.5. The Morgan fingerprint density at radius 3 is 2.06 bits per heavy atom. The number of carbonyl (C=O) groups is 1. The molecule has 27 atom stereocenters. The Kier molecular flexibility index (Phi) is 17.3. The van der Waals surface area contributed by atoms with Crippen LogP contribution in [0.4, 0.5) is 0 Å². The lowest BCUT2D eigenvalue weighted by atomic mass is 9.40. The molecule has 3 saturated carbocycles. The molecule has 8 fully saturated rings. The third-order valence-corrected chi connectivity index (χ3v) is 20.2. The summed E-state index contributed by atoms with van der Waals surface area (Å²) in [5.74, 6) is -0.666. The van der Waals surface area contributed by atoms with Crippen LogP contribution in [0, 0.1) is 39.4 Å². The predicted octanol–water partition coefficient (Wildman–Crippen LogP) is -0.980. The molecule has 9 aliphatic rings. The summed E-state index contributed by atoms with van der Waals surface area (Å²) >= 11 is 0. The molecule has 0 unspecified atom stereocenters. The van der Waals surface area contributed by atoms with Gasteiger partial charge in [0.2, 0.25) is 0 Å². The van der Waals surface area contributed by atoms with E-state index in [1.807, 2.05) is 0 Å². The van der Waals surface area contributed by atoms with E-state index in [-0.39, 0.29) is 29.6 Å². The van der Waals surface area contributed by atoms with Crippen molar-refractivity contribution in [1.82, 2.24) is 0 Å². The number of hydrogen-bond donors (Lipinski definition) is 11. The number of ether oxygens (including phenoxy) is 10. The van der Waals surface area contributed by atoms with E-state index in [9.17, 15) is 68.8 Å². The number of hydrogen-bond acceptors (Lipinski definition) is 24. The van der Waals surface area contributed by atoms with Gasteiger partial charge in [0, 0.05) is 18.4 Å². The van der Waals surface area contributed by atoms with Crippen molar-refractivity contribution in [1.29, 1.82) is 0 Å². The quantitative estimate of drug-likeness (QED) is 0.0503. The first-order chi connectivity index (χ1) is 36.7. The Bertz CT molecular complexity index is 2360. The molecule has 79 heavy (non-hydrogen) atoms. The fourth-order valence-electron chi connectivity index (χ4n) is 15.8. The molecule has 11 N–H and O–H groups in total. The van der Waals surface area contributed by atoms with Gasteiger partial charge in [0.1, 0.15) is 85.5 Å². The molecule has 9 rings (SSSR count). The monoisotopic (exact) mass is 1150 g/mol. The molecule has 452 valence electrons. The molecule has 0 aromatic carbocycles. The highest BCUT2D eigenvalue weighted by Gasteiger charge is 2.79. The van der Waals surface area contributed by atoms with Crippen molar-refractivity contribution in [2.24, 2.45) is 39.4 Å². The van der Waals surface area contributed by atoms with E-state index in [4.69, 9.17) is 51.6 Å². The minimum atomic E-state index is -5.15. The molecule has 26 heteroatoms. The smallest absolute Gasteiger partial charge is 0.397 e. The van der Waals surface area contributed by atoms with E-state index in [0.29, 0.717) is 38.5 Å². The summed E-state index contributed by atoms with van der Waals surface area (Å²) < 4.78 is 97.4. The lowest BCUT2D eigenvalue weighted by Crippen LogP contribution is -2.65. The van der Waals surface area contributed by atoms with Crippen molar-refractivity contribution >= 4 is 16.4 Å². The molecule has 1 spiro atoms. The summed E-state index contributed by atoms with van der Waals surface area (Å²) in [5, 5.41) is 110. The highest BCUT2D eigenvalue weighted by atomic mass is 32.3. The first-order valence-corrected chi connectivity index (χ1v) is 28.9. The zero-order valence-electron chi connectivity index (χ0n) is 46.1. The minimum absolute atomic E-state index is 0.00441. The van der Waals surface area contributed by atoms with Crippen molar-refractivity contribution in [3.8, 4) is 0 Å². The van der Waals surface area contributed by atoms with Gasteiger partial charge in [-0.05, 0) is 95.3 Å². The number of aliphatic hydroxyl groups is 10. The van der Waals surface area contributed by atoms with Gasteiger partial charge in [-0.25, -0.2) is 4.18 Å². The fraction of sp³-hybridized carbons (Fsp3) is 0.906. The Labute approximate surface area is 459 Å². The van der Waals surface area contributed by atoms with Crippen LogP contribution in [-0.2, 0) is 66.7 Å². The van der Waals surface area contributed by atoms with Gasteiger partial charge in [0.05, 0.1) is 48.6 Å². The predicted molar refractivity (Wildman–Crippen MR) is 268 cm³/mol. The Morgan fingerprint density at radius 2 is 1.41 bits per heavy atom. The fourth-order valence-corrected chi connectivity index (χ4v) is 16.3. The third-order valence-electron chi connectivity index (χ3n) is 19.7. The first kappa shape index (κ1) is 61.6. The Morgan fingerprint density at radius 1 is 0.759 bits per heavy atom. The van der Waals surface area contributed by atoms with Gasteiger partial charge in [0.15, 0.2) is 25.2 Å². The average Bonchev–Trinajstić information content (AvgIpc) is 3.98. The van der Waals surface area contributed by atoms with Crippen molar-refractivity contribution in [3.63, 3.8) is 0 Å². The molecule has 0 aromatic heterocycles. The van der Waals surface area contributed by atoms with Crippen LogP contribution in [0.25, 0.3) is 0 Å². The third kappa shape index (κ3) is 10.9. The lowest BCUT2D eigenvalue weighted by Gasteiger charge is -2.64. The van der Waals surface area contributed by atoms with E-state index >= 15 is 0 Å². The molecule has 5 heterocycles. The molecular weight excluding hydrogens is 1070 g/mol. The number of aliphatic hydroxyl groups excluding tert-OH is 8. The van der Waals surface area contributed by atoms with Gasteiger partial charge in [0.25, 0.3) is 0 Å². The Hall–Kier alpha value is -1.94. The van der Waals surface area contributed by atoms with Crippen LogP contribution >= 0.6 is 0 Å². The van der Waals surface area contributed by atoms with Crippen LogP contribution in [0.5, 0.6) is 0 Å². The van der Waals surface area contributed by atoms with Crippen LogP contribution in [0.3, 0.4) is 0 Å². The van der Waals surface area contributed by atoms with Crippen LogP contribution in [0.2, 0.25) is 0 Å². The number of methoxy groups -OCH3 is 1. The zero-order chi connectivity index (χ0) is 57.9. The van der Waals surface area contributed by atoms with Gasteiger partial charge in [-0.3, -0.25) is 9.35 Å². The Balaban J connectivity index is 0.878. The molecular formula is C53H84O25S. The summed E-state index contributed by atoms with van der Waals surface area (Å²) in [6.07, 6.45) is -20.2. The summed E-state index contributed by atoms with van der Waals surface area (Å²) in [6, 6.07) is 0. The maximum Gasteiger partial charge on any atom is 0.397 e. The maximum atomic E-state index is 14.2. The van der Waals surface area contributed by atoms with Gasteiger partial charge < -0.3 is 98.4 Å². The van der Waals surface area contributed by atoms with Crippen LogP contribution in [0.15, 0.2) is 23.8 Å². The van der Waals surface area contributed by atoms with Crippen LogP contribution < -0.4 is 0 Å². The van der Waals surface area contributed by atoms with E-state index in [0.717, 1.165) is 0 Å². The number of rotatable bonds is 16. The SMILES string of the molecule is CO[C@@H]1[C@@H](O)[C@H](O[C@@H]2CO[C@@H](O[C@H]3[C@H](O)[C@@H](O)[C@H](O[C@H]4[C@H](O[C@H]5CC[C@]6(C)[C@@H]7CC[C@@]89C(=O)O[C@@H](C[C@@]8(C)C7=CC[C@H]6C5(C)C)[C@@H]9[C@@](C)(O)C/C=C/C(C)(C)O)OC[C@@H](OS(=O)(=O)O)[C@@H]4O)O[C@@H]3C)[C@H](O)[C@H]2O)O[C@H](CO)[C@H]1O. The van der Waals surface area contributed by atoms with Gasteiger partial charge in [-0.2, -0.15) is 8.42 Å². The van der Waals surface area contributed by atoms with E-state index in [1.54, 1.807) is 32.9 Å². The molecule has 5 aliphatic heterocycles. The van der Waals surface area contributed by atoms with E-state index in [1.165, 1.54) is 19.6 Å². The number of carbonyl (C=O) groups excluding carboxylic acids is 1. The largest absolute Gasteiger partial charge is 0.461 e. The van der Waals surface area contributed by atoms with Crippen molar-refractivity contribution < 1.29 is 120 Å². The second-order valence-corrected chi connectivity index (χ2v) is 26.5. The van der Waals surface area contributed by atoms with Crippen LogP contribution in [-0.4, -0.2) is 231 Å². The van der Waals surface area contributed by atoms with Gasteiger partial charge >= 0.3 is 16.4 Å². The molecule has 25 nitrogen and oxygen atoms in total. The number of esters is 1. The standard InChI is InChI=1S/C53H84O25S/c1-23-39(76-43-36(59)32(55)28(21-69-43)73-45-38(61)40(68-9)33(56)27(20-54)72-45)35(58)37(60)44(71-23)77-41-34(57)29(78-79(65,66)67)22-70-46(41)75-31-14-17-50(6)24-13-18-53-42(52(8,64)16-10-15-48(2,3)63)26(74-47(53)62)19-51(53,7)25(24)11-12-30(50)49(31,4)5/h10-11,15,23-24,26-46,54-61,63-64H,12-14,16-22H2,1-9H3,(H,65,66,67)/b15-10+/t23-,24-,26+,27-,28-,29-,30+,31+,32+,33-,34+,35-,36-,37-,38-,39-,40+,41-,42-,43+,44+,45+,46+,50-,51+,52+,53-/m1/s1.